The number of piperazine rings is 1. The predicted octanol–water partition coefficient (Wildman–Crippen LogP) is 2.82. The summed E-state index contributed by atoms with van der Waals surface area (Å²) < 4.78 is 27.7. The molecule has 2 aliphatic heterocycles. The number of nitrogens with zero attached hydrogens (tertiary/aromatic N) is 4. The van der Waals surface area contributed by atoms with Crippen LogP contribution in [0.4, 0.5) is 17.2 Å². The number of carbonyl (C=O) groups excluding carboxylic acids is 1. The molecule has 2 fully saturated rings. The Hall–Kier alpha value is -2.52. The molecule has 1 amide bonds. The Bertz CT molecular complexity index is 1030. The Balaban J connectivity index is 1.29. The summed E-state index contributed by atoms with van der Waals surface area (Å²) in [6, 6.07) is 10.9. The van der Waals surface area contributed by atoms with Crippen molar-refractivity contribution < 1.29 is 13.2 Å². The molecule has 0 aliphatic carbocycles. The number of aromatic nitrogens is 1. The fourth-order valence-corrected chi connectivity index (χ4v) is 5.46. The van der Waals surface area contributed by atoms with E-state index in [0.717, 1.165) is 18.8 Å². The molecule has 172 valence electrons. The minimum Gasteiger partial charge on any atom is -0.372 e. The fraction of sp³-hybridized carbons (Fsp3) is 0.455. The maximum atomic E-state index is 12.6. The van der Waals surface area contributed by atoms with Gasteiger partial charge in [0.2, 0.25) is 15.9 Å². The van der Waals surface area contributed by atoms with Gasteiger partial charge in [-0.25, -0.2) is 13.4 Å². The molecule has 1 aromatic heterocycles. The first kappa shape index (κ1) is 22.7. The normalized spacial score (nSPS) is 17.3. The van der Waals surface area contributed by atoms with Crippen LogP contribution in [0.5, 0.6) is 0 Å². The summed E-state index contributed by atoms with van der Waals surface area (Å²) in [4.78, 5) is 22.8. The van der Waals surface area contributed by atoms with Crippen LogP contribution in [0, 0.1) is 0 Å². The molecule has 32 heavy (non-hydrogen) atoms. The molecule has 4 rings (SSSR count). The largest absolute Gasteiger partial charge is 0.372 e. The second-order valence-electron chi connectivity index (χ2n) is 8.13. The van der Waals surface area contributed by atoms with E-state index in [1.165, 1.54) is 19.3 Å². The molecule has 0 spiro atoms. The van der Waals surface area contributed by atoms with Gasteiger partial charge in [-0.1, -0.05) is 11.6 Å². The average molecular weight is 478 g/mol. The van der Waals surface area contributed by atoms with Crippen molar-refractivity contribution in [2.45, 2.75) is 19.3 Å². The highest BCUT2D eigenvalue weighted by Crippen LogP contribution is 2.24. The van der Waals surface area contributed by atoms with E-state index < -0.39 is 21.7 Å². The smallest absolute Gasteiger partial charge is 0.241 e. The van der Waals surface area contributed by atoms with E-state index in [9.17, 15) is 13.2 Å². The van der Waals surface area contributed by atoms with Crippen LogP contribution in [-0.2, 0) is 14.8 Å². The number of pyridine rings is 1. The van der Waals surface area contributed by atoms with E-state index in [-0.39, 0.29) is 0 Å². The Morgan fingerprint density at radius 1 is 0.938 bits per heavy atom. The van der Waals surface area contributed by atoms with Gasteiger partial charge in [-0.15, -0.1) is 0 Å². The molecular formula is C22H28ClN5O3S. The number of sulfonamides is 1. The summed E-state index contributed by atoms with van der Waals surface area (Å²) >= 11 is 6.20. The lowest BCUT2D eigenvalue weighted by Crippen LogP contribution is -2.50. The van der Waals surface area contributed by atoms with Crippen LogP contribution in [0.3, 0.4) is 0 Å². The van der Waals surface area contributed by atoms with Gasteiger partial charge in [0.05, 0.1) is 5.02 Å². The van der Waals surface area contributed by atoms with Crippen molar-refractivity contribution in [3.8, 4) is 0 Å². The van der Waals surface area contributed by atoms with Crippen LogP contribution in [0.1, 0.15) is 19.3 Å². The summed E-state index contributed by atoms with van der Waals surface area (Å²) in [5.41, 5.74) is 1.56. The van der Waals surface area contributed by atoms with Gasteiger partial charge >= 0.3 is 0 Å². The van der Waals surface area contributed by atoms with Crippen LogP contribution in [-0.4, -0.2) is 69.2 Å². The first-order chi connectivity index (χ1) is 15.4. The van der Waals surface area contributed by atoms with E-state index >= 15 is 0 Å². The number of halogens is 1. The molecule has 2 saturated heterocycles. The molecule has 0 bridgehead atoms. The number of rotatable bonds is 6. The first-order valence-corrected chi connectivity index (χ1v) is 12.9. The number of piperidine rings is 1. The van der Waals surface area contributed by atoms with Gasteiger partial charge in [-0.2, -0.15) is 0 Å². The minimum atomic E-state index is -3.80. The molecule has 8 nitrogen and oxygen atoms in total. The van der Waals surface area contributed by atoms with E-state index in [0.29, 0.717) is 42.7 Å². The fourth-order valence-electron chi connectivity index (χ4n) is 4.14. The SMILES string of the molecule is O=C(CS(=O)(=O)Nc1ccc(N2CCCCC2)cc1)N1CCN(c2ncccc2Cl)CC1. The zero-order valence-corrected chi connectivity index (χ0v) is 19.5. The summed E-state index contributed by atoms with van der Waals surface area (Å²) in [6.07, 6.45) is 5.30. The molecule has 10 heteroatoms. The average Bonchev–Trinajstić information content (AvgIpc) is 2.80. The molecule has 0 radical (unpaired) electrons. The van der Waals surface area contributed by atoms with Crippen molar-refractivity contribution >= 4 is 44.7 Å². The number of amides is 1. The first-order valence-electron chi connectivity index (χ1n) is 10.9. The van der Waals surface area contributed by atoms with Gasteiger partial charge in [-0.05, 0) is 55.7 Å². The number of carbonyl (C=O) groups is 1. The Morgan fingerprint density at radius 2 is 1.62 bits per heavy atom. The van der Waals surface area contributed by atoms with E-state index in [4.69, 9.17) is 11.6 Å². The number of hydrogen-bond donors (Lipinski definition) is 1. The van der Waals surface area contributed by atoms with Crippen molar-refractivity contribution in [1.29, 1.82) is 0 Å². The molecule has 2 aromatic rings. The molecule has 0 atom stereocenters. The maximum Gasteiger partial charge on any atom is 0.241 e. The van der Waals surface area contributed by atoms with Crippen LogP contribution in [0.2, 0.25) is 5.02 Å². The summed E-state index contributed by atoms with van der Waals surface area (Å²) in [5, 5.41) is 0.561. The highest BCUT2D eigenvalue weighted by molar-refractivity contribution is 7.93. The number of hydrogen-bond acceptors (Lipinski definition) is 6. The molecule has 0 saturated carbocycles. The lowest BCUT2D eigenvalue weighted by molar-refractivity contribution is -0.128. The predicted molar refractivity (Wildman–Crippen MR) is 128 cm³/mol. The number of nitrogens with one attached hydrogen (secondary N) is 1. The second-order valence-corrected chi connectivity index (χ2v) is 10.3. The molecular weight excluding hydrogens is 450 g/mol. The maximum absolute atomic E-state index is 12.6. The van der Waals surface area contributed by atoms with Crippen molar-refractivity contribution in [2.24, 2.45) is 0 Å². The summed E-state index contributed by atoms with van der Waals surface area (Å²) in [5.74, 6) is -0.302. The molecule has 2 aliphatic rings. The van der Waals surface area contributed by atoms with Gasteiger partial charge in [0, 0.05) is 56.8 Å². The second kappa shape index (κ2) is 9.95. The third kappa shape index (κ3) is 5.63. The third-order valence-corrected chi connectivity index (χ3v) is 7.32. The molecule has 3 heterocycles. The quantitative estimate of drug-likeness (QED) is 0.688. The van der Waals surface area contributed by atoms with Crippen molar-refractivity contribution in [3.05, 3.63) is 47.6 Å². The highest BCUT2D eigenvalue weighted by Gasteiger charge is 2.26. The Morgan fingerprint density at radius 3 is 2.28 bits per heavy atom. The monoisotopic (exact) mass is 477 g/mol. The molecule has 0 unspecified atom stereocenters. The number of anilines is 3. The Labute approximate surface area is 194 Å². The van der Waals surface area contributed by atoms with Crippen LogP contribution >= 0.6 is 11.6 Å². The lowest BCUT2D eigenvalue weighted by Gasteiger charge is -2.35. The van der Waals surface area contributed by atoms with Crippen LogP contribution < -0.4 is 14.5 Å². The van der Waals surface area contributed by atoms with Gasteiger partial charge in [0.1, 0.15) is 11.6 Å². The minimum absolute atomic E-state index is 0.408. The zero-order valence-electron chi connectivity index (χ0n) is 17.9. The van der Waals surface area contributed by atoms with Crippen LogP contribution in [0.25, 0.3) is 0 Å². The zero-order chi connectivity index (χ0) is 22.6. The highest BCUT2D eigenvalue weighted by atomic mass is 35.5. The van der Waals surface area contributed by atoms with Gasteiger partial charge in [-0.3, -0.25) is 9.52 Å². The molecule has 1 N–H and O–H groups in total. The van der Waals surface area contributed by atoms with Crippen molar-refractivity contribution in [3.63, 3.8) is 0 Å². The van der Waals surface area contributed by atoms with Crippen molar-refractivity contribution in [2.75, 3.05) is 59.5 Å². The lowest BCUT2D eigenvalue weighted by atomic mass is 10.1. The molecule has 1 aromatic carbocycles. The van der Waals surface area contributed by atoms with Gasteiger partial charge < -0.3 is 14.7 Å². The van der Waals surface area contributed by atoms with E-state index in [1.807, 2.05) is 17.0 Å². The Kier molecular flexibility index (Phi) is 7.05. The van der Waals surface area contributed by atoms with E-state index in [2.05, 4.69) is 14.6 Å². The standard InChI is InChI=1S/C22H28ClN5O3S/c23-20-5-4-10-24-22(20)28-15-13-27(14-16-28)21(29)17-32(30,31)25-18-6-8-19(9-7-18)26-11-2-1-3-12-26/h4-10,25H,1-3,11-17H2. The van der Waals surface area contributed by atoms with Gasteiger partial charge in [0.15, 0.2) is 0 Å². The van der Waals surface area contributed by atoms with E-state index in [1.54, 1.807) is 35.4 Å². The summed E-state index contributed by atoms with van der Waals surface area (Å²) in [6.45, 7) is 4.00. The van der Waals surface area contributed by atoms with Gasteiger partial charge in [0.25, 0.3) is 0 Å². The van der Waals surface area contributed by atoms with Crippen LogP contribution in [0.15, 0.2) is 42.6 Å². The van der Waals surface area contributed by atoms with Crippen molar-refractivity contribution in [1.82, 2.24) is 9.88 Å². The summed E-state index contributed by atoms with van der Waals surface area (Å²) in [7, 11) is -3.80. The third-order valence-electron chi connectivity index (χ3n) is 5.85. The number of benzene rings is 1. The topological polar surface area (TPSA) is 85.8 Å².